The smallest absolute Gasteiger partial charge is 0.120 e. The summed E-state index contributed by atoms with van der Waals surface area (Å²) in [4.78, 5) is 2.43. The van der Waals surface area contributed by atoms with Crippen LogP contribution in [0.3, 0.4) is 0 Å². The molecule has 0 atom stereocenters. The maximum atomic E-state index is 5.81. The van der Waals surface area contributed by atoms with E-state index in [0.29, 0.717) is 19.2 Å². The number of nitrogens with zero attached hydrogens (tertiary/aromatic N) is 1. The molecule has 0 aliphatic rings. The van der Waals surface area contributed by atoms with E-state index in [0.717, 1.165) is 24.4 Å². The molecule has 0 bridgehead atoms. The van der Waals surface area contributed by atoms with Gasteiger partial charge in [0.15, 0.2) is 0 Å². The normalized spacial score (nSPS) is 10.5. The molecule has 2 N–H and O–H groups in total. The third-order valence-corrected chi connectivity index (χ3v) is 3.06. The molecule has 1 aromatic rings. The molecule has 0 saturated heterocycles. The Morgan fingerprint density at radius 1 is 1.30 bits per heavy atom. The summed E-state index contributed by atoms with van der Waals surface area (Å²) in [7, 11) is 0. The Hall–Kier alpha value is -1.50. The Balaban J connectivity index is 2.48. The third kappa shape index (κ3) is 6.10. The van der Waals surface area contributed by atoms with Gasteiger partial charge in [-0.15, -0.1) is 0 Å². The summed E-state index contributed by atoms with van der Waals surface area (Å²) < 4.78 is 5.81. The second kappa shape index (κ2) is 9.41. The monoisotopic (exact) mass is 274 g/mol. The fraction of sp³-hybridized carbons (Fsp3) is 0.529. The lowest BCUT2D eigenvalue weighted by atomic mass is 10.2. The number of benzene rings is 1. The Bertz CT molecular complexity index is 446. The largest absolute Gasteiger partial charge is 0.492 e. The highest BCUT2D eigenvalue weighted by Crippen LogP contribution is 2.12. The predicted octanol–water partition coefficient (Wildman–Crippen LogP) is 2.50. The maximum absolute atomic E-state index is 5.81. The molecule has 0 unspecified atom stereocenters. The molecule has 3 heteroatoms. The van der Waals surface area contributed by atoms with Gasteiger partial charge in [-0.05, 0) is 45.0 Å². The van der Waals surface area contributed by atoms with Crippen molar-refractivity contribution in [3.8, 4) is 17.6 Å². The van der Waals surface area contributed by atoms with Crippen LogP contribution in [0.5, 0.6) is 5.75 Å². The zero-order chi connectivity index (χ0) is 14.8. The third-order valence-electron chi connectivity index (χ3n) is 3.06. The highest BCUT2D eigenvalue weighted by molar-refractivity contribution is 5.39. The van der Waals surface area contributed by atoms with Crippen LogP contribution in [0.25, 0.3) is 0 Å². The number of nitrogens with two attached hydrogens (primary N) is 1. The van der Waals surface area contributed by atoms with Gasteiger partial charge in [-0.25, -0.2) is 0 Å². The van der Waals surface area contributed by atoms with E-state index in [2.05, 4.69) is 37.5 Å². The molecule has 20 heavy (non-hydrogen) atoms. The summed E-state index contributed by atoms with van der Waals surface area (Å²) >= 11 is 0. The lowest BCUT2D eigenvalue weighted by Gasteiger charge is -2.25. The molecule has 3 nitrogen and oxygen atoms in total. The first-order chi connectivity index (χ1) is 9.67. The molecule has 0 aliphatic carbocycles. The second-order valence-corrected chi connectivity index (χ2v) is 5.01. The van der Waals surface area contributed by atoms with Crippen LogP contribution in [0.1, 0.15) is 32.8 Å². The number of ether oxygens (including phenoxy) is 1. The van der Waals surface area contributed by atoms with Gasteiger partial charge in [-0.1, -0.05) is 24.8 Å². The number of hydrogen-bond acceptors (Lipinski definition) is 3. The van der Waals surface area contributed by atoms with Gasteiger partial charge in [0.05, 0.1) is 6.54 Å². The van der Waals surface area contributed by atoms with Crippen molar-refractivity contribution >= 4 is 0 Å². The van der Waals surface area contributed by atoms with Crippen molar-refractivity contribution in [1.29, 1.82) is 0 Å². The fourth-order valence-electron chi connectivity index (χ4n) is 2.01. The SMILES string of the molecule is CCCN(CCOc1cccc(C#CCN)c1)C(C)C. The van der Waals surface area contributed by atoms with Crippen LogP contribution in [0.2, 0.25) is 0 Å². The van der Waals surface area contributed by atoms with E-state index in [9.17, 15) is 0 Å². The van der Waals surface area contributed by atoms with Crippen LogP contribution < -0.4 is 10.5 Å². The van der Waals surface area contributed by atoms with E-state index in [1.165, 1.54) is 6.42 Å². The highest BCUT2D eigenvalue weighted by Gasteiger charge is 2.07. The van der Waals surface area contributed by atoms with Crippen LogP contribution in [0, 0.1) is 11.8 Å². The van der Waals surface area contributed by atoms with Gasteiger partial charge >= 0.3 is 0 Å². The average molecular weight is 274 g/mol. The molecule has 0 aliphatic heterocycles. The molecule has 0 saturated carbocycles. The van der Waals surface area contributed by atoms with Gasteiger partial charge in [0.2, 0.25) is 0 Å². The summed E-state index contributed by atoms with van der Waals surface area (Å²) in [5, 5.41) is 0. The lowest BCUT2D eigenvalue weighted by molar-refractivity contribution is 0.176. The molecule has 0 amide bonds. The van der Waals surface area contributed by atoms with Crippen molar-refractivity contribution in [2.24, 2.45) is 5.73 Å². The Labute approximate surface area is 123 Å². The minimum atomic E-state index is 0.380. The van der Waals surface area contributed by atoms with E-state index in [-0.39, 0.29) is 0 Å². The number of rotatable bonds is 7. The van der Waals surface area contributed by atoms with Crippen molar-refractivity contribution in [3.05, 3.63) is 29.8 Å². The molecule has 1 rings (SSSR count). The van der Waals surface area contributed by atoms with E-state index in [1.807, 2.05) is 24.3 Å². The molecule has 0 spiro atoms. The molecule has 0 aromatic heterocycles. The van der Waals surface area contributed by atoms with E-state index >= 15 is 0 Å². The van der Waals surface area contributed by atoms with Crippen LogP contribution in [0.15, 0.2) is 24.3 Å². The van der Waals surface area contributed by atoms with E-state index in [1.54, 1.807) is 0 Å². The summed E-state index contributed by atoms with van der Waals surface area (Å²) in [6.07, 6.45) is 1.17. The first kappa shape index (κ1) is 16.6. The van der Waals surface area contributed by atoms with Crippen molar-refractivity contribution in [1.82, 2.24) is 4.90 Å². The highest BCUT2D eigenvalue weighted by atomic mass is 16.5. The van der Waals surface area contributed by atoms with Crippen LogP contribution in [0.4, 0.5) is 0 Å². The lowest BCUT2D eigenvalue weighted by Crippen LogP contribution is -2.35. The van der Waals surface area contributed by atoms with Gasteiger partial charge < -0.3 is 10.5 Å². The molecule has 0 radical (unpaired) electrons. The van der Waals surface area contributed by atoms with E-state index < -0.39 is 0 Å². The maximum Gasteiger partial charge on any atom is 0.120 e. The number of hydrogen-bond donors (Lipinski definition) is 1. The molecule has 1 aromatic carbocycles. The summed E-state index contributed by atoms with van der Waals surface area (Å²) in [6, 6.07) is 8.41. The Morgan fingerprint density at radius 2 is 2.10 bits per heavy atom. The van der Waals surface area contributed by atoms with Gasteiger partial charge in [0.25, 0.3) is 0 Å². The zero-order valence-electron chi connectivity index (χ0n) is 12.9. The van der Waals surface area contributed by atoms with Gasteiger partial charge in [0, 0.05) is 18.2 Å². The first-order valence-electron chi connectivity index (χ1n) is 7.33. The van der Waals surface area contributed by atoms with Gasteiger partial charge in [0.1, 0.15) is 12.4 Å². The topological polar surface area (TPSA) is 38.5 Å². The van der Waals surface area contributed by atoms with Crippen molar-refractivity contribution in [2.45, 2.75) is 33.2 Å². The molecule has 0 fully saturated rings. The minimum Gasteiger partial charge on any atom is -0.492 e. The minimum absolute atomic E-state index is 0.380. The average Bonchev–Trinajstić information content (AvgIpc) is 2.44. The van der Waals surface area contributed by atoms with E-state index in [4.69, 9.17) is 10.5 Å². The van der Waals surface area contributed by atoms with Crippen LogP contribution in [-0.2, 0) is 0 Å². The first-order valence-corrected chi connectivity index (χ1v) is 7.33. The van der Waals surface area contributed by atoms with Crippen molar-refractivity contribution in [2.75, 3.05) is 26.2 Å². The van der Waals surface area contributed by atoms with Crippen LogP contribution >= 0.6 is 0 Å². The van der Waals surface area contributed by atoms with Crippen molar-refractivity contribution in [3.63, 3.8) is 0 Å². The van der Waals surface area contributed by atoms with Gasteiger partial charge in [-0.2, -0.15) is 0 Å². The zero-order valence-corrected chi connectivity index (χ0v) is 12.9. The van der Waals surface area contributed by atoms with Gasteiger partial charge in [-0.3, -0.25) is 4.90 Å². The quantitative estimate of drug-likeness (QED) is 0.776. The molecular formula is C17H26N2O. The molecule has 0 heterocycles. The fourth-order valence-corrected chi connectivity index (χ4v) is 2.01. The summed E-state index contributed by atoms with van der Waals surface area (Å²) in [5.41, 5.74) is 6.32. The standard InChI is InChI=1S/C17H26N2O/c1-4-11-19(15(2)3)12-13-20-17-9-5-7-16(14-17)8-6-10-18/h5,7,9,14-15H,4,10-13,18H2,1-3H3. The summed E-state index contributed by atoms with van der Waals surface area (Å²) in [6.45, 7) is 9.79. The Morgan fingerprint density at radius 3 is 2.75 bits per heavy atom. The molecule has 110 valence electrons. The van der Waals surface area contributed by atoms with Crippen molar-refractivity contribution < 1.29 is 4.74 Å². The Kier molecular flexibility index (Phi) is 7.79. The predicted molar refractivity (Wildman–Crippen MR) is 84.9 cm³/mol. The molecular weight excluding hydrogens is 248 g/mol. The van der Waals surface area contributed by atoms with Crippen LogP contribution in [-0.4, -0.2) is 37.2 Å². The second-order valence-electron chi connectivity index (χ2n) is 5.01. The summed E-state index contributed by atoms with van der Waals surface area (Å²) in [5.74, 6) is 6.74.